The van der Waals surface area contributed by atoms with E-state index in [1.807, 2.05) is 37.5 Å². The maximum Gasteiger partial charge on any atom is 0.336 e. The number of fused-ring (bicyclic) bond motifs is 3. The Hall–Kier alpha value is -2.62. The van der Waals surface area contributed by atoms with Crippen molar-refractivity contribution in [1.29, 1.82) is 0 Å². The molecule has 0 radical (unpaired) electrons. The first kappa shape index (κ1) is 14.0. The lowest BCUT2D eigenvalue weighted by Crippen LogP contribution is -2.30. The predicted molar refractivity (Wildman–Crippen MR) is 88.7 cm³/mol. The van der Waals surface area contributed by atoms with E-state index in [1.165, 1.54) is 11.1 Å². The van der Waals surface area contributed by atoms with Crippen LogP contribution in [0, 0.1) is 12.8 Å². The number of hydrogen-bond donors (Lipinski definition) is 2. The number of aromatic carboxylic acids is 1. The van der Waals surface area contributed by atoms with Gasteiger partial charge < -0.3 is 10.4 Å². The van der Waals surface area contributed by atoms with E-state index in [0.717, 1.165) is 17.7 Å². The highest BCUT2D eigenvalue weighted by Crippen LogP contribution is 2.50. The van der Waals surface area contributed by atoms with E-state index in [1.54, 1.807) is 6.07 Å². The minimum atomic E-state index is -0.878. The first-order chi connectivity index (χ1) is 11.2. The van der Waals surface area contributed by atoms with E-state index in [2.05, 4.69) is 22.5 Å². The molecule has 1 aromatic heterocycles. The summed E-state index contributed by atoms with van der Waals surface area (Å²) in [6, 6.07) is 7.94. The fourth-order valence-electron chi connectivity index (χ4n) is 3.95. The summed E-state index contributed by atoms with van der Waals surface area (Å²) in [6.45, 7) is 1.89. The molecule has 3 atom stereocenters. The van der Waals surface area contributed by atoms with Crippen LogP contribution in [0.25, 0.3) is 0 Å². The van der Waals surface area contributed by atoms with E-state index < -0.39 is 5.97 Å². The molecule has 0 unspecified atom stereocenters. The van der Waals surface area contributed by atoms with E-state index >= 15 is 0 Å². The highest BCUT2D eigenvalue weighted by molar-refractivity contribution is 5.92. The van der Waals surface area contributed by atoms with E-state index in [9.17, 15) is 9.90 Å². The minimum Gasteiger partial charge on any atom is -0.478 e. The number of allylic oxidation sites excluding steroid dienone is 2. The molecule has 2 heterocycles. The van der Waals surface area contributed by atoms with Crippen molar-refractivity contribution in [2.24, 2.45) is 5.92 Å². The Bertz CT molecular complexity index is 799. The van der Waals surface area contributed by atoms with Crippen molar-refractivity contribution < 1.29 is 9.90 Å². The Balaban J connectivity index is 1.85. The van der Waals surface area contributed by atoms with E-state index in [-0.39, 0.29) is 6.04 Å². The van der Waals surface area contributed by atoms with Crippen molar-refractivity contribution in [3.05, 3.63) is 71.1 Å². The zero-order valence-electron chi connectivity index (χ0n) is 12.9. The Morgan fingerprint density at radius 1 is 1.26 bits per heavy atom. The van der Waals surface area contributed by atoms with Crippen molar-refractivity contribution in [2.75, 3.05) is 5.32 Å². The number of nitrogens with one attached hydrogen (secondary N) is 1. The molecule has 1 aliphatic heterocycles. The Morgan fingerprint density at radius 3 is 2.78 bits per heavy atom. The average molecular weight is 306 g/mol. The molecular weight excluding hydrogens is 288 g/mol. The third-order valence-corrected chi connectivity index (χ3v) is 5.09. The van der Waals surface area contributed by atoms with Crippen molar-refractivity contribution in [3.63, 3.8) is 0 Å². The molecule has 4 heteroatoms. The maximum absolute atomic E-state index is 11.4. The maximum atomic E-state index is 11.4. The van der Waals surface area contributed by atoms with Crippen LogP contribution in [0.1, 0.15) is 45.4 Å². The van der Waals surface area contributed by atoms with Crippen LogP contribution in [0.15, 0.2) is 48.8 Å². The van der Waals surface area contributed by atoms with Crippen LogP contribution in [0.3, 0.4) is 0 Å². The highest BCUT2D eigenvalue weighted by Gasteiger charge is 2.38. The van der Waals surface area contributed by atoms with Gasteiger partial charge in [-0.05, 0) is 54.2 Å². The van der Waals surface area contributed by atoms with Crippen molar-refractivity contribution in [2.45, 2.75) is 25.3 Å². The molecule has 116 valence electrons. The van der Waals surface area contributed by atoms with Gasteiger partial charge in [-0.15, -0.1) is 0 Å². The second-order valence-corrected chi connectivity index (χ2v) is 6.26. The van der Waals surface area contributed by atoms with Gasteiger partial charge in [0.15, 0.2) is 0 Å². The summed E-state index contributed by atoms with van der Waals surface area (Å²) in [5, 5.41) is 13.0. The lowest BCUT2D eigenvalue weighted by Gasteiger charge is -2.38. The van der Waals surface area contributed by atoms with Gasteiger partial charge in [0.2, 0.25) is 0 Å². The summed E-state index contributed by atoms with van der Waals surface area (Å²) in [4.78, 5) is 15.5. The predicted octanol–water partition coefficient (Wildman–Crippen LogP) is 3.91. The Kier molecular flexibility index (Phi) is 3.18. The van der Waals surface area contributed by atoms with Crippen LogP contribution in [0.4, 0.5) is 5.69 Å². The van der Waals surface area contributed by atoms with Gasteiger partial charge in [-0.2, -0.15) is 0 Å². The van der Waals surface area contributed by atoms with Gasteiger partial charge in [0.1, 0.15) is 0 Å². The summed E-state index contributed by atoms with van der Waals surface area (Å²) in [5.74, 6) is -0.0809. The van der Waals surface area contributed by atoms with Gasteiger partial charge in [-0.25, -0.2) is 4.79 Å². The monoisotopic (exact) mass is 306 g/mol. The summed E-state index contributed by atoms with van der Waals surface area (Å²) in [6.07, 6.45) is 9.15. The number of anilines is 1. The summed E-state index contributed by atoms with van der Waals surface area (Å²) >= 11 is 0. The number of rotatable bonds is 2. The number of carboxylic acid groups (broad SMARTS) is 1. The molecule has 4 nitrogen and oxygen atoms in total. The molecule has 0 amide bonds. The highest BCUT2D eigenvalue weighted by atomic mass is 16.4. The number of carboxylic acids is 1. The van der Waals surface area contributed by atoms with Gasteiger partial charge >= 0.3 is 5.97 Å². The number of benzene rings is 1. The molecule has 4 rings (SSSR count). The topological polar surface area (TPSA) is 62.2 Å². The molecule has 0 fully saturated rings. The van der Waals surface area contributed by atoms with Gasteiger partial charge in [0, 0.05) is 24.0 Å². The number of aromatic nitrogens is 1. The van der Waals surface area contributed by atoms with Gasteiger partial charge in [-0.1, -0.05) is 18.2 Å². The van der Waals surface area contributed by atoms with E-state index in [0.29, 0.717) is 17.4 Å². The van der Waals surface area contributed by atoms with Crippen molar-refractivity contribution in [3.8, 4) is 0 Å². The smallest absolute Gasteiger partial charge is 0.336 e. The summed E-state index contributed by atoms with van der Waals surface area (Å²) in [7, 11) is 0. The van der Waals surface area contributed by atoms with Crippen LogP contribution in [0.5, 0.6) is 0 Å². The average Bonchev–Trinajstić information content (AvgIpc) is 3.05. The van der Waals surface area contributed by atoms with E-state index in [4.69, 9.17) is 0 Å². The van der Waals surface area contributed by atoms with Crippen LogP contribution in [-0.4, -0.2) is 16.1 Å². The first-order valence-electron chi connectivity index (χ1n) is 7.86. The molecule has 1 aromatic carbocycles. The SMILES string of the molecule is Cc1c(C(=O)O)ccc2c1N[C@H](c1ccncc1)[C@@H]1CC=C[C@H]21. The van der Waals surface area contributed by atoms with Crippen molar-refractivity contribution in [1.82, 2.24) is 4.98 Å². The van der Waals surface area contributed by atoms with Gasteiger partial charge in [-0.3, -0.25) is 4.98 Å². The van der Waals surface area contributed by atoms with Crippen LogP contribution in [-0.2, 0) is 0 Å². The number of hydrogen-bond acceptors (Lipinski definition) is 3. The third kappa shape index (κ3) is 2.13. The Labute approximate surface area is 134 Å². The summed E-state index contributed by atoms with van der Waals surface area (Å²) in [5.41, 5.74) is 4.55. The first-order valence-corrected chi connectivity index (χ1v) is 7.86. The fraction of sp³-hybridized carbons (Fsp3) is 0.263. The van der Waals surface area contributed by atoms with Crippen LogP contribution in [0.2, 0.25) is 0 Å². The number of nitrogens with zero attached hydrogens (tertiary/aromatic N) is 1. The zero-order chi connectivity index (χ0) is 16.0. The lowest BCUT2D eigenvalue weighted by molar-refractivity contribution is 0.0696. The second kappa shape index (κ2) is 5.23. The standard InChI is InChI=1S/C19H18N2O2/c1-11-13(19(22)23)5-6-16-14-3-2-4-15(14)18(21-17(11)16)12-7-9-20-10-8-12/h2-3,5-10,14-15,18,21H,4H2,1H3,(H,22,23)/t14-,15+,18+/m0/s1. The molecule has 0 bridgehead atoms. The molecule has 0 saturated heterocycles. The largest absolute Gasteiger partial charge is 0.478 e. The molecule has 0 saturated carbocycles. The molecule has 0 spiro atoms. The minimum absolute atomic E-state index is 0.174. The van der Waals surface area contributed by atoms with Crippen LogP contribution >= 0.6 is 0 Å². The quantitative estimate of drug-likeness (QED) is 0.826. The molecule has 2 aliphatic rings. The normalized spacial score (nSPS) is 24.7. The Morgan fingerprint density at radius 2 is 2.04 bits per heavy atom. The van der Waals surface area contributed by atoms with Gasteiger partial charge in [0.25, 0.3) is 0 Å². The van der Waals surface area contributed by atoms with Crippen molar-refractivity contribution >= 4 is 11.7 Å². The summed E-state index contributed by atoms with van der Waals surface area (Å²) < 4.78 is 0. The second-order valence-electron chi connectivity index (χ2n) is 6.26. The number of pyridine rings is 1. The molecule has 2 N–H and O–H groups in total. The zero-order valence-corrected chi connectivity index (χ0v) is 12.9. The molecule has 1 aliphatic carbocycles. The fourth-order valence-corrected chi connectivity index (χ4v) is 3.95. The number of carbonyl (C=O) groups is 1. The lowest BCUT2D eigenvalue weighted by atomic mass is 9.76. The van der Waals surface area contributed by atoms with Gasteiger partial charge in [0.05, 0.1) is 11.6 Å². The molecule has 23 heavy (non-hydrogen) atoms. The molecular formula is C19H18N2O2. The molecule has 2 aromatic rings. The third-order valence-electron chi connectivity index (χ3n) is 5.09. The van der Waals surface area contributed by atoms with Crippen LogP contribution < -0.4 is 5.32 Å².